The molecule has 1 aliphatic heterocycles. The Morgan fingerprint density at radius 2 is 2.05 bits per heavy atom. The highest BCUT2D eigenvalue weighted by molar-refractivity contribution is 7.88. The first-order chi connectivity index (χ1) is 9.83. The maximum Gasteiger partial charge on any atom is 0.208 e. The minimum atomic E-state index is -3.10. The number of hydrogen-bond donors (Lipinski definition) is 1. The number of sulfonamides is 1. The molecule has 1 heterocycles. The normalized spacial score (nSPS) is 19.6. The molecular weight excluding hydrogens is 308 g/mol. The number of rotatable bonds is 5. The van der Waals surface area contributed by atoms with E-state index in [9.17, 15) is 8.42 Å². The molecule has 0 spiro atoms. The maximum atomic E-state index is 11.2. The SMILES string of the molecule is C[C@H](CN1CCC(NS(C)(=O)=O)CC1)c1cccc(Cl)c1. The quantitative estimate of drug-likeness (QED) is 0.902. The minimum absolute atomic E-state index is 0.0812. The molecule has 1 fully saturated rings. The Kier molecular flexibility index (Phi) is 5.66. The Morgan fingerprint density at radius 3 is 2.62 bits per heavy atom. The van der Waals surface area contributed by atoms with Gasteiger partial charge < -0.3 is 4.90 Å². The van der Waals surface area contributed by atoms with E-state index in [0.29, 0.717) is 5.92 Å². The number of piperidine rings is 1. The average Bonchev–Trinajstić information content (AvgIpc) is 2.39. The van der Waals surface area contributed by atoms with Crippen LogP contribution in [0, 0.1) is 0 Å². The molecular formula is C15H23ClN2O2S. The highest BCUT2D eigenvalue weighted by atomic mass is 35.5. The third-order valence-electron chi connectivity index (χ3n) is 3.92. The van der Waals surface area contributed by atoms with Crippen LogP contribution in [-0.4, -0.2) is 45.2 Å². The van der Waals surface area contributed by atoms with Crippen LogP contribution >= 0.6 is 11.6 Å². The van der Waals surface area contributed by atoms with Crippen LogP contribution in [-0.2, 0) is 10.0 Å². The summed E-state index contributed by atoms with van der Waals surface area (Å²) in [7, 11) is -3.10. The smallest absolute Gasteiger partial charge is 0.208 e. The fourth-order valence-corrected chi connectivity index (χ4v) is 3.88. The van der Waals surface area contributed by atoms with Gasteiger partial charge >= 0.3 is 0 Å². The van der Waals surface area contributed by atoms with Crippen molar-refractivity contribution < 1.29 is 8.42 Å². The second kappa shape index (κ2) is 7.09. The molecule has 1 aliphatic rings. The highest BCUT2D eigenvalue weighted by Crippen LogP contribution is 2.22. The third kappa shape index (κ3) is 5.58. The lowest BCUT2D eigenvalue weighted by molar-refractivity contribution is 0.199. The van der Waals surface area contributed by atoms with Gasteiger partial charge in [-0.2, -0.15) is 0 Å². The number of likely N-dealkylation sites (tertiary alicyclic amines) is 1. The van der Waals surface area contributed by atoms with E-state index in [4.69, 9.17) is 11.6 Å². The van der Waals surface area contributed by atoms with Crippen molar-refractivity contribution in [2.24, 2.45) is 0 Å². The second-order valence-electron chi connectivity index (χ2n) is 5.92. The number of hydrogen-bond acceptors (Lipinski definition) is 3. The predicted molar refractivity (Wildman–Crippen MR) is 87.3 cm³/mol. The lowest BCUT2D eigenvalue weighted by Crippen LogP contribution is -2.45. The van der Waals surface area contributed by atoms with Gasteiger partial charge in [0.25, 0.3) is 0 Å². The average molecular weight is 331 g/mol. The Hall–Kier alpha value is -0.620. The van der Waals surface area contributed by atoms with Crippen molar-refractivity contribution in [3.8, 4) is 0 Å². The summed E-state index contributed by atoms with van der Waals surface area (Å²) >= 11 is 6.03. The summed E-state index contributed by atoms with van der Waals surface area (Å²) in [6.07, 6.45) is 2.96. The van der Waals surface area contributed by atoms with Crippen molar-refractivity contribution in [1.82, 2.24) is 9.62 Å². The largest absolute Gasteiger partial charge is 0.303 e. The summed E-state index contributed by atoms with van der Waals surface area (Å²) in [4.78, 5) is 2.39. The van der Waals surface area contributed by atoms with Gasteiger partial charge in [0.15, 0.2) is 0 Å². The van der Waals surface area contributed by atoms with Gasteiger partial charge in [0, 0.05) is 17.6 Å². The molecule has 1 N–H and O–H groups in total. The molecule has 1 saturated heterocycles. The van der Waals surface area contributed by atoms with Crippen molar-refractivity contribution in [1.29, 1.82) is 0 Å². The number of halogens is 1. The van der Waals surface area contributed by atoms with Gasteiger partial charge in [0.05, 0.1) is 6.26 Å². The minimum Gasteiger partial charge on any atom is -0.303 e. The van der Waals surface area contributed by atoms with Crippen LogP contribution in [0.25, 0.3) is 0 Å². The van der Waals surface area contributed by atoms with Gasteiger partial charge in [-0.1, -0.05) is 30.7 Å². The molecule has 0 aliphatic carbocycles. The van der Waals surface area contributed by atoms with Gasteiger partial charge in [0.2, 0.25) is 10.0 Å². The summed E-state index contributed by atoms with van der Waals surface area (Å²) in [6, 6.07) is 8.08. The van der Waals surface area contributed by atoms with Crippen LogP contribution in [0.15, 0.2) is 24.3 Å². The van der Waals surface area contributed by atoms with Crippen molar-refractivity contribution in [2.45, 2.75) is 31.7 Å². The first-order valence-electron chi connectivity index (χ1n) is 7.28. The van der Waals surface area contributed by atoms with E-state index in [1.54, 1.807) is 0 Å². The molecule has 1 atom stereocenters. The van der Waals surface area contributed by atoms with Gasteiger partial charge in [0.1, 0.15) is 0 Å². The van der Waals surface area contributed by atoms with Crippen molar-refractivity contribution >= 4 is 21.6 Å². The van der Waals surface area contributed by atoms with Crippen LogP contribution < -0.4 is 4.72 Å². The Balaban J connectivity index is 1.83. The molecule has 0 aromatic heterocycles. The first kappa shape index (κ1) is 16.7. The van der Waals surface area contributed by atoms with E-state index in [0.717, 1.165) is 37.5 Å². The molecule has 21 heavy (non-hydrogen) atoms. The second-order valence-corrected chi connectivity index (χ2v) is 8.14. The molecule has 1 aromatic rings. The van der Waals surface area contributed by atoms with E-state index in [-0.39, 0.29) is 6.04 Å². The van der Waals surface area contributed by atoms with Crippen molar-refractivity contribution in [2.75, 3.05) is 25.9 Å². The topological polar surface area (TPSA) is 49.4 Å². The third-order valence-corrected chi connectivity index (χ3v) is 4.91. The summed E-state index contributed by atoms with van der Waals surface area (Å²) in [5.74, 6) is 0.420. The molecule has 0 unspecified atom stereocenters. The van der Waals surface area contributed by atoms with E-state index in [1.165, 1.54) is 11.8 Å². The molecule has 1 aromatic carbocycles. The highest BCUT2D eigenvalue weighted by Gasteiger charge is 2.22. The number of nitrogens with zero attached hydrogens (tertiary/aromatic N) is 1. The van der Waals surface area contributed by atoms with E-state index in [2.05, 4.69) is 22.6 Å². The lowest BCUT2D eigenvalue weighted by atomic mass is 9.98. The zero-order valence-electron chi connectivity index (χ0n) is 12.5. The summed E-state index contributed by atoms with van der Waals surface area (Å²) < 4.78 is 25.2. The first-order valence-corrected chi connectivity index (χ1v) is 9.55. The molecule has 0 radical (unpaired) electrons. The van der Waals surface area contributed by atoms with Crippen LogP contribution in [0.1, 0.15) is 31.2 Å². The van der Waals surface area contributed by atoms with Crippen molar-refractivity contribution in [3.05, 3.63) is 34.9 Å². The Bertz CT molecular complexity index is 569. The number of nitrogens with one attached hydrogen (secondary N) is 1. The van der Waals surface area contributed by atoms with Gasteiger partial charge in [-0.15, -0.1) is 0 Å². The molecule has 0 amide bonds. The standard InChI is InChI=1S/C15H23ClN2O2S/c1-12(13-4-3-5-14(16)10-13)11-18-8-6-15(7-9-18)17-21(2,19)20/h3-5,10,12,15,17H,6-9,11H2,1-2H3/t12-/m1/s1. The molecule has 0 bridgehead atoms. The van der Waals surface area contributed by atoms with E-state index in [1.807, 2.05) is 18.2 Å². The van der Waals surface area contributed by atoms with Crippen LogP contribution in [0.5, 0.6) is 0 Å². The monoisotopic (exact) mass is 330 g/mol. The molecule has 2 rings (SSSR count). The fourth-order valence-electron chi connectivity index (χ4n) is 2.84. The van der Waals surface area contributed by atoms with Crippen molar-refractivity contribution in [3.63, 3.8) is 0 Å². The van der Waals surface area contributed by atoms with Crippen LogP contribution in [0.4, 0.5) is 0 Å². The Labute approximate surface area is 132 Å². The van der Waals surface area contributed by atoms with Gasteiger partial charge in [-0.25, -0.2) is 13.1 Å². The summed E-state index contributed by atoms with van der Waals surface area (Å²) in [6.45, 7) is 5.04. The lowest BCUT2D eigenvalue weighted by Gasteiger charge is -2.33. The predicted octanol–water partition coefficient (Wildman–Crippen LogP) is 2.46. The molecule has 4 nitrogen and oxygen atoms in total. The summed E-state index contributed by atoms with van der Waals surface area (Å²) in [5, 5.41) is 0.774. The van der Waals surface area contributed by atoms with E-state index < -0.39 is 10.0 Å². The fraction of sp³-hybridized carbons (Fsp3) is 0.600. The zero-order valence-corrected chi connectivity index (χ0v) is 14.1. The molecule has 118 valence electrons. The number of benzene rings is 1. The molecule has 6 heteroatoms. The van der Waals surface area contributed by atoms with Gasteiger partial charge in [-0.3, -0.25) is 0 Å². The maximum absolute atomic E-state index is 11.2. The van der Waals surface area contributed by atoms with Crippen LogP contribution in [0.2, 0.25) is 5.02 Å². The van der Waals surface area contributed by atoms with E-state index >= 15 is 0 Å². The summed E-state index contributed by atoms with van der Waals surface area (Å²) in [5.41, 5.74) is 1.25. The zero-order chi connectivity index (χ0) is 15.5. The van der Waals surface area contributed by atoms with Crippen LogP contribution in [0.3, 0.4) is 0 Å². The molecule has 0 saturated carbocycles. The Morgan fingerprint density at radius 1 is 1.38 bits per heavy atom. The van der Waals surface area contributed by atoms with Gasteiger partial charge in [-0.05, 0) is 49.5 Å².